The van der Waals surface area contributed by atoms with Crippen LogP contribution >= 0.6 is 0 Å². The molecule has 0 aromatic rings. The number of nitrogens with two attached hydrogens (primary N) is 1. The Morgan fingerprint density at radius 1 is 1.36 bits per heavy atom. The maximum Gasteiger partial charge on any atom is 0.307 e. The summed E-state index contributed by atoms with van der Waals surface area (Å²) in [5.74, 6) is 0.924. The standard InChI is InChI=1S/C21H27NO3/c1-12(23)25-18-11-17-15-5-4-13-10-14(24)6-8-20(13,2)16(15)7-9-21(17,3)19(18)22/h4-6,8,11,14,16-17,19,24H,7,9-10,22H2,1-3H3/t14?,16-,17+,19?,20+,21+/m1/s1. The molecule has 4 rings (SSSR count). The molecule has 4 heteroatoms. The summed E-state index contributed by atoms with van der Waals surface area (Å²) in [4.78, 5) is 11.4. The Bertz CT molecular complexity index is 746. The van der Waals surface area contributed by atoms with Gasteiger partial charge in [-0.15, -0.1) is 0 Å². The molecule has 1 fully saturated rings. The molecule has 25 heavy (non-hydrogen) atoms. The number of hydrogen-bond acceptors (Lipinski definition) is 4. The Morgan fingerprint density at radius 3 is 2.84 bits per heavy atom. The minimum Gasteiger partial charge on any atom is -0.430 e. The second-order valence-corrected chi connectivity index (χ2v) is 8.49. The van der Waals surface area contributed by atoms with Crippen molar-refractivity contribution in [1.29, 1.82) is 0 Å². The Hall–Kier alpha value is -1.65. The largest absolute Gasteiger partial charge is 0.430 e. The summed E-state index contributed by atoms with van der Waals surface area (Å²) in [6.45, 7) is 5.93. The number of esters is 1. The van der Waals surface area contributed by atoms with Crippen LogP contribution < -0.4 is 5.73 Å². The quantitative estimate of drug-likeness (QED) is 0.568. The lowest BCUT2D eigenvalue weighted by atomic mass is 9.52. The molecule has 134 valence electrons. The van der Waals surface area contributed by atoms with E-state index in [0.29, 0.717) is 18.1 Å². The lowest BCUT2D eigenvalue weighted by molar-refractivity contribution is -0.137. The van der Waals surface area contributed by atoms with Crippen molar-refractivity contribution in [2.24, 2.45) is 28.4 Å². The Kier molecular flexibility index (Phi) is 3.64. The number of carbonyl (C=O) groups is 1. The molecule has 4 aliphatic carbocycles. The minimum atomic E-state index is -0.376. The summed E-state index contributed by atoms with van der Waals surface area (Å²) in [6.07, 6.45) is 13.0. The second-order valence-electron chi connectivity index (χ2n) is 8.49. The summed E-state index contributed by atoms with van der Waals surface area (Å²) in [6, 6.07) is -0.245. The van der Waals surface area contributed by atoms with Gasteiger partial charge in [-0.05, 0) is 31.3 Å². The zero-order valence-electron chi connectivity index (χ0n) is 15.2. The number of ether oxygens (including phenoxy) is 1. The number of allylic oxidation sites excluding steroid dienone is 5. The van der Waals surface area contributed by atoms with Crippen LogP contribution in [0, 0.1) is 22.7 Å². The predicted molar refractivity (Wildman–Crippen MR) is 96.2 cm³/mol. The lowest BCUT2D eigenvalue weighted by Gasteiger charge is -2.52. The van der Waals surface area contributed by atoms with Crippen LogP contribution in [0.2, 0.25) is 0 Å². The highest BCUT2D eigenvalue weighted by molar-refractivity contribution is 5.67. The molecule has 0 heterocycles. The summed E-state index contributed by atoms with van der Waals surface area (Å²) in [5.41, 5.74) is 9.05. The van der Waals surface area contributed by atoms with Gasteiger partial charge in [-0.2, -0.15) is 0 Å². The van der Waals surface area contributed by atoms with Gasteiger partial charge in [-0.25, -0.2) is 0 Å². The molecule has 0 aromatic heterocycles. The van der Waals surface area contributed by atoms with Crippen molar-refractivity contribution in [3.8, 4) is 0 Å². The monoisotopic (exact) mass is 341 g/mol. The highest BCUT2D eigenvalue weighted by Crippen LogP contribution is 2.61. The number of aliphatic hydroxyl groups excluding tert-OH is 1. The van der Waals surface area contributed by atoms with Crippen molar-refractivity contribution in [2.75, 3.05) is 0 Å². The summed E-state index contributed by atoms with van der Waals surface area (Å²) < 4.78 is 5.41. The number of rotatable bonds is 1. The van der Waals surface area contributed by atoms with Crippen molar-refractivity contribution in [1.82, 2.24) is 0 Å². The molecule has 0 spiro atoms. The van der Waals surface area contributed by atoms with Gasteiger partial charge in [0.05, 0.1) is 12.1 Å². The van der Waals surface area contributed by atoms with Crippen LogP contribution in [0.5, 0.6) is 0 Å². The Labute approximate surface area is 149 Å². The normalized spacial score (nSPS) is 44.8. The van der Waals surface area contributed by atoms with Crippen LogP contribution in [-0.2, 0) is 9.53 Å². The maximum atomic E-state index is 11.4. The van der Waals surface area contributed by atoms with Crippen LogP contribution in [0.4, 0.5) is 0 Å². The zero-order valence-corrected chi connectivity index (χ0v) is 15.2. The van der Waals surface area contributed by atoms with E-state index < -0.39 is 0 Å². The molecule has 0 amide bonds. The van der Waals surface area contributed by atoms with Gasteiger partial charge in [0.15, 0.2) is 0 Å². The Morgan fingerprint density at radius 2 is 2.12 bits per heavy atom. The van der Waals surface area contributed by atoms with E-state index in [1.165, 1.54) is 18.1 Å². The SMILES string of the molecule is CC(=O)OC1=C[C@H]2C3=CC=C4CC(O)C=C[C@]4(C)[C@@H]3CC[C@]2(C)C1N. The van der Waals surface area contributed by atoms with Crippen molar-refractivity contribution >= 4 is 5.97 Å². The van der Waals surface area contributed by atoms with Crippen molar-refractivity contribution in [3.63, 3.8) is 0 Å². The van der Waals surface area contributed by atoms with Crippen LogP contribution in [0.3, 0.4) is 0 Å². The van der Waals surface area contributed by atoms with Gasteiger partial charge in [0.2, 0.25) is 0 Å². The third-order valence-corrected chi connectivity index (χ3v) is 7.04. The number of hydrogen-bond donors (Lipinski definition) is 2. The molecule has 6 atom stereocenters. The van der Waals surface area contributed by atoms with Gasteiger partial charge >= 0.3 is 5.97 Å². The van der Waals surface area contributed by atoms with E-state index in [2.05, 4.69) is 38.2 Å². The first-order chi connectivity index (χ1) is 11.8. The second kappa shape index (κ2) is 5.42. The van der Waals surface area contributed by atoms with E-state index in [0.717, 1.165) is 12.8 Å². The van der Waals surface area contributed by atoms with Crippen molar-refractivity contribution in [3.05, 3.63) is 47.3 Å². The number of carbonyl (C=O) groups excluding carboxylic acids is 1. The summed E-state index contributed by atoms with van der Waals surface area (Å²) >= 11 is 0. The topological polar surface area (TPSA) is 72.5 Å². The predicted octanol–water partition coefficient (Wildman–Crippen LogP) is 3.00. The van der Waals surface area contributed by atoms with E-state index in [1.807, 2.05) is 6.08 Å². The van der Waals surface area contributed by atoms with E-state index in [9.17, 15) is 9.90 Å². The van der Waals surface area contributed by atoms with E-state index in [-0.39, 0.29) is 34.9 Å². The first kappa shape index (κ1) is 16.8. The van der Waals surface area contributed by atoms with E-state index >= 15 is 0 Å². The van der Waals surface area contributed by atoms with Gasteiger partial charge in [0, 0.05) is 23.7 Å². The van der Waals surface area contributed by atoms with Gasteiger partial charge in [-0.3, -0.25) is 4.79 Å². The third kappa shape index (κ3) is 2.31. The minimum absolute atomic E-state index is 0.0350. The molecular weight excluding hydrogens is 314 g/mol. The van der Waals surface area contributed by atoms with Crippen LogP contribution in [-0.4, -0.2) is 23.2 Å². The maximum absolute atomic E-state index is 11.4. The van der Waals surface area contributed by atoms with Gasteiger partial charge in [-0.1, -0.05) is 49.3 Å². The molecule has 0 aromatic carbocycles. The number of fused-ring (bicyclic) bond motifs is 5. The lowest BCUT2D eigenvalue weighted by Crippen LogP contribution is -2.49. The third-order valence-electron chi connectivity index (χ3n) is 7.04. The van der Waals surface area contributed by atoms with Gasteiger partial charge < -0.3 is 15.6 Å². The first-order valence-corrected chi connectivity index (χ1v) is 9.20. The fourth-order valence-electron chi connectivity index (χ4n) is 5.45. The van der Waals surface area contributed by atoms with Crippen molar-refractivity contribution in [2.45, 2.75) is 52.2 Å². The summed E-state index contributed by atoms with van der Waals surface area (Å²) in [5, 5.41) is 9.98. The fourth-order valence-corrected chi connectivity index (χ4v) is 5.45. The molecule has 3 N–H and O–H groups in total. The smallest absolute Gasteiger partial charge is 0.307 e. The van der Waals surface area contributed by atoms with E-state index in [4.69, 9.17) is 10.5 Å². The number of aliphatic hydroxyl groups is 1. The Balaban J connectivity index is 1.75. The molecule has 1 saturated carbocycles. The van der Waals surface area contributed by atoms with Gasteiger partial charge in [0.25, 0.3) is 0 Å². The van der Waals surface area contributed by atoms with Crippen molar-refractivity contribution < 1.29 is 14.6 Å². The average molecular weight is 341 g/mol. The molecule has 4 nitrogen and oxygen atoms in total. The molecule has 0 saturated heterocycles. The molecule has 0 radical (unpaired) electrons. The summed E-state index contributed by atoms with van der Waals surface area (Å²) in [7, 11) is 0. The first-order valence-electron chi connectivity index (χ1n) is 9.20. The van der Waals surface area contributed by atoms with Crippen LogP contribution in [0.1, 0.15) is 40.0 Å². The fraction of sp³-hybridized carbons (Fsp3) is 0.571. The molecule has 0 aliphatic heterocycles. The van der Waals surface area contributed by atoms with Crippen LogP contribution in [0.15, 0.2) is 47.3 Å². The van der Waals surface area contributed by atoms with E-state index in [1.54, 1.807) is 0 Å². The van der Waals surface area contributed by atoms with Gasteiger partial charge in [0.1, 0.15) is 5.76 Å². The molecular formula is C21H27NO3. The average Bonchev–Trinajstić information content (AvgIpc) is 2.79. The molecule has 2 unspecified atom stereocenters. The highest BCUT2D eigenvalue weighted by Gasteiger charge is 2.55. The van der Waals surface area contributed by atoms with Crippen LogP contribution in [0.25, 0.3) is 0 Å². The molecule has 4 aliphatic rings. The highest BCUT2D eigenvalue weighted by atomic mass is 16.5. The molecule has 0 bridgehead atoms. The zero-order chi connectivity index (χ0) is 18.0.